The SMILES string of the molecule is O=C(NCCc1nccc(Cl)c1C(F)(F)F)c1ccccc1C(F)(F)F. The average molecular weight is 397 g/mol. The minimum Gasteiger partial charge on any atom is -0.352 e. The fourth-order valence-corrected chi connectivity index (χ4v) is 2.56. The lowest BCUT2D eigenvalue weighted by molar-refractivity contribution is -0.139. The average Bonchev–Trinajstić information content (AvgIpc) is 2.52. The summed E-state index contributed by atoms with van der Waals surface area (Å²) in [7, 11) is 0. The summed E-state index contributed by atoms with van der Waals surface area (Å²) in [5, 5.41) is 1.62. The number of nitrogens with one attached hydrogen (secondary N) is 1. The summed E-state index contributed by atoms with van der Waals surface area (Å²) < 4.78 is 77.7. The first-order valence-electron chi connectivity index (χ1n) is 7.17. The molecule has 0 spiro atoms. The maximum atomic E-state index is 13.0. The van der Waals surface area contributed by atoms with E-state index in [1.54, 1.807) is 0 Å². The van der Waals surface area contributed by atoms with Gasteiger partial charge in [-0.3, -0.25) is 9.78 Å². The van der Waals surface area contributed by atoms with E-state index in [9.17, 15) is 31.1 Å². The Labute approximate surface area is 149 Å². The van der Waals surface area contributed by atoms with Crippen molar-refractivity contribution in [1.29, 1.82) is 0 Å². The first kappa shape index (κ1) is 20.0. The lowest BCUT2D eigenvalue weighted by atomic mass is 10.1. The summed E-state index contributed by atoms with van der Waals surface area (Å²) in [6.07, 6.45) is -8.75. The van der Waals surface area contributed by atoms with Crippen LogP contribution in [0.2, 0.25) is 5.02 Å². The van der Waals surface area contributed by atoms with Crippen molar-refractivity contribution in [3.63, 3.8) is 0 Å². The van der Waals surface area contributed by atoms with Gasteiger partial charge in [0.15, 0.2) is 0 Å². The van der Waals surface area contributed by atoms with Gasteiger partial charge < -0.3 is 5.32 Å². The molecule has 3 nitrogen and oxygen atoms in total. The molecule has 2 aromatic rings. The van der Waals surface area contributed by atoms with E-state index < -0.39 is 45.7 Å². The molecule has 0 saturated heterocycles. The number of alkyl halides is 6. The molecular formula is C16H11ClF6N2O. The summed E-state index contributed by atoms with van der Waals surface area (Å²) in [4.78, 5) is 15.6. The topological polar surface area (TPSA) is 42.0 Å². The van der Waals surface area contributed by atoms with Crippen LogP contribution in [-0.4, -0.2) is 17.4 Å². The van der Waals surface area contributed by atoms with E-state index in [-0.39, 0.29) is 13.0 Å². The van der Waals surface area contributed by atoms with Gasteiger partial charge in [-0.2, -0.15) is 26.3 Å². The van der Waals surface area contributed by atoms with Gasteiger partial charge in [0.05, 0.1) is 27.4 Å². The van der Waals surface area contributed by atoms with E-state index in [1.165, 1.54) is 6.07 Å². The molecule has 1 N–H and O–H groups in total. The Kier molecular flexibility index (Phi) is 5.80. The van der Waals surface area contributed by atoms with E-state index in [4.69, 9.17) is 11.6 Å². The van der Waals surface area contributed by atoms with Crippen LogP contribution in [0.4, 0.5) is 26.3 Å². The van der Waals surface area contributed by atoms with Crippen LogP contribution in [0.5, 0.6) is 0 Å². The van der Waals surface area contributed by atoms with Gasteiger partial charge in [0, 0.05) is 19.2 Å². The first-order chi connectivity index (χ1) is 12.0. The van der Waals surface area contributed by atoms with E-state index in [0.29, 0.717) is 0 Å². The summed E-state index contributed by atoms with van der Waals surface area (Å²) >= 11 is 5.55. The van der Waals surface area contributed by atoms with Crippen LogP contribution in [0.25, 0.3) is 0 Å². The second-order valence-corrected chi connectivity index (χ2v) is 5.57. The lowest BCUT2D eigenvalue weighted by Crippen LogP contribution is -2.28. The Morgan fingerprint density at radius 2 is 1.69 bits per heavy atom. The third kappa shape index (κ3) is 4.66. The number of benzene rings is 1. The summed E-state index contributed by atoms with van der Waals surface area (Å²) in [5.41, 5.74) is -3.29. The Hall–Kier alpha value is -2.29. The molecule has 0 aliphatic heterocycles. The molecule has 0 aliphatic carbocycles. The summed E-state index contributed by atoms with van der Waals surface area (Å²) in [5.74, 6) is -1.05. The molecule has 1 amide bonds. The van der Waals surface area contributed by atoms with Gasteiger partial charge >= 0.3 is 12.4 Å². The van der Waals surface area contributed by atoms with Crippen LogP contribution in [0.1, 0.15) is 27.2 Å². The van der Waals surface area contributed by atoms with Crippen molar-refractivity contribution < 1.29 is 31.1 Å². The molecule has 0 atom stereocenters. The highest BCUT2D eigenvalue weighted by Gasteiger charge is 2.37. The zero-order valence-corrected chi connectivity index (χ0v) is 13.6. The van der Waals surface area contributed by atoms with Crippen molar-refractivity contribution in [3.8, 4) is 0 Å². The predicted molar refractivity (Wildman–Crippen MR) is 81.7 cm³/mol. The van der Waals surface area contributed by atoms with Crippen LogP contribution >= 0.6 is 11.6 Å². The smallest absolute Gasteiger partial charge is 0.352 e. The molecule has 0 aliphatic rings. The predicted octanol–water partition coefficient (Wildman–Crippen LogP) is 4.75. The van der Waals surface area contributed by atoms with Crippen LogP contribution in [0.3, 0.4) is 0 Å². The number of amides is 1. The Morgan fingerprint density at radius 3 is 2.31 bits per heavy atom. The molecule has 140 valence electrons. The molecule has 0 radical (unpaired) electrons. The fraction of sp³-hybridized carbons (Fsp3) is 0.250. The monoisotopic (exact) mass is 396 g/mol. The van der Waals surface area contributed by atoms with Gasteiger partial charge in [0.1, 0.15) is 0 Å². The molecule has 1 heterocycles. The van der Waals surface area contributed by atoms with Gasteiger partial charge in [-0.25, -0.2) is 0 Å². The third-order valence-electron chi connectivity index (χ3n) is 3.39. The summed E-state index contributed by atoms with van der Waals surface area (Å²) in [6.45, 7) is -0.346. The molecule has 10 heteroatoms. The lowest BCUT2D eigenvalue weighted by Gasteiger charge is -2.15. The highest BCUT2D eigenvalue weighted by atomic mass is 35.5. The molecular weight excluding hydrogens is 386 g/mol. The largest absolute Gasteiger partial charge is 0.419 e. The van der Waals surface area contributed by atoms with Crippen LogP contribution in [0, 0.1) is 0 Å². The van der Waals surface area contributed by atoms with Crippen molar-refractivity contribution in [2.24, 2.45) is 0 Å². The van der Waals surface area contributed by atoms with Crippen molar-refractivity contribution in [3.05, 3.63) is 63.9 Å². The molecule has 1 aromatic carbocycles. The Bertz CT molecular complexity index is 804. The molecule has 26 heavy (non-hydrogen) atoms. The van der Waals surface area contributed by atoms with E-state index >= 15 is 0 Å². The number of carbonyl (C=O) groups excluding carboxylic acids is 1. The zero-order chi connectivity index (χ0) is 19.5. The van der Waals surface area contributed by atoms with E-state index in [0.717, 1.165) is 30.5 Å². The van der Waals surface area contributed by atoms with Crippen LogP contribution in [-0.2, 0) is 18.8 Å². The molecule has 2 rings (SSSR count). The quantitative estimate of drug-likeness (QED) is 0.758. The minimum atomic E-state index is -4.74. The van der Waals surface area contributed by atoms with Gasteiger partial charge in [-0.15, -0.1) is 0 Å². The number of halogens is 7. The maximum absolute atomic E-state index is 13.0. The second-order valence-electron chi connectivity index (χ2n) is 5.16. The number of hydrogen-bond donors (Lipinski definition) is 1. The van der Waals surface area contributed by atoms with E-state index in [2.05, 4.69) is 10.3 Å². The van der Waals surface area contributed by atoms with Crippen molar-refractivity contribution in [1.82, 2.24) is 10.3 Å². The normalized spacial score (nSPS) is 12.1. The van der Waals surface area contributed by atoms with Gasteiger partial charge in [-0.05, 0) is 18.2 Å². The van der Waals surface area contributed by atoms with Crippen LogP contribution < -0.4 is 5.32 Å². The Morgan fingerprint density at radius 1 is 1.04 bits per heavy atom. The van der Waals surface area contributed by atoms with Gasteiger partial charge in [0.2, 0.25) is 0 Å². The van der Waals surface area contributed by atoms with Crippen LogP contribution in [0.15, 0.2) is 36.5 Å². The highest BCUT2D eigenvalue weighted by molar-refractivity contribution is 6.31. The minimum absolute atomic E-state index is 0.346. The van der Waals surface area contributed by atoms with Crippen molar-refractivity contribution >= 4 is 17.5 Å². The molecule has 1 aromatic heterocycles. The number of rotatable bonds is 4. The zero-order valence-electron chi connectivity index (χ0n) is 12.9. The van der Waals surface area contributed by atoms with Gasteiger partial charge in [-0.1, -0.05) is 23.7 Å². The maximum Gasteiger partial charge on any atom is 0.419 e. The molecule has 0 fully saturated rings. The number of carbonyl (C=O) groups is 1. The van der Waals surface area contributed by atoms with Crippen molar-refractivity contribution in [2.45, 2.75) is 18.8 Å². The highest BCUT2D eigenvalue weighted by Crippen LogP contribution is 2.36. The standard InChI is InChI=1S/C16H11ClF6N2O/c17-11-5-7-24-12(13(11)16(21,22)23)6-8-25-14(26)9-3-1-2-4-10(9)15(18,19)20/h1-5,7H,6,8H2,(H,25,26). The number of nitrogens with zero attached hydrogens (tertiary/aromatic N) is 1. The molecule has 0 unspecified atom stereocenters. The number of hydrogen-bond acceptors (Lipinski definition) is 2. The number of aromatic nitrogens is 1. The summed E-state index contributed by atoms with van der Waals surface area (Å²) in [6, 6.07) is 5.09. The molecule has 0 bridgehead atoms. The third-order valence-corrected chi connectivity index (χ3v) is 3.70. The fourth-order valence-electron chi connectivity index (χ4n) is 2.28. The second kappa shape index (κ2) is 7.53. The first-order valence-corrected chi connectivity index (χ1v) is 7.54. The van der Waals surface area contributed by atoms with Crippen molar-refractivity contribution in [2.75, 3.05) is 6.54 Å². The number of pyridine rings is 1. The Balaban J connectivity index is 2.13. The molecule has 0 saturated carbocycles. The van der Waals surface area contributed by atoms with Gasteiger partial charge in [0.25, 0.3) is 5.91 Å². The van der Waals surface area contributed by atoms with E-state index in [1.807, 2.05) is 0 Å².